The van der Waals surface area contributed by atoms with E-state index in [4.69, 9.17) is 16.3 Å². The average molecular weight is 530 g/mol. The number of carbonyl (C=O) groups excluding carboxylic acids is 2. The highest BCUT2D eigenvalue weighted by atomic mass is 35.5. The Labute approximate surface area is 228 Å². The van der Waals surface area contributed by atoms with Gasteiger partial charge in [0.2, 0.25) is 5.91 Å². The smallest absolute Gasteiger partial charge is 0.239 e. The second-order valence-corrected chi connectivity index (χ2v) is 11.0. The maximum Gasteiger partial charge on any atom is 0.239 e. The number of hydrogen-bond donors (Lipinski definition) is 2. The van der Waals surface area contributed by atoms with E-state index in [-0.39, 0.29) is 23.7 Å². The first kappa shape index (κ1) is 25.9. The van der Waals surface area contributed by atoms with Crippen molar-refractivity contribution in [3.8, 4) is 5.75 Å². The second kappa shape index (κ2) is 10.5. The highest BCUT2D eigenvalue weighted by molar-refractivity contribution is 6.31. The van der Waals surface area contributed by atoms with Gasteiger partial charge in [-0.3, -0.25) is 9.59 Å². The van der Waals surface area contributed by atoms with Gasteiger partial charge in [0, 0.05) is 34.8 Å². The van der Waals surface area contributed by atoms with Crippen LogP contribution in [0.25, 0.3) is 0 Å². The number of nitrogens with zero attached hydrogens (tertiary/aromatic N) is 1. The first-order chi connectivity index (χ1) is 18.3. The van der Waals surface area contributed by atoms with Gasteiger partial charge in [-0.25, -0.2) is 0 Å². The molecule has 38 heavy (non-hydrogen) atoms. The van der Waals surface area contributed by atoms with Crippen molar-refractivity contribution >= 4 is 34.7 Å². The summed E-state index contributed by atoms with van der Waals surface area (Å²) in [4.78, 5) is 29.3. The third-order valence-corrected chi connectivity index (χ3v) is 7.55. The summed E-state index contributed by atoms with van der Waals surface area (Å²) in [7, 11) is 1.63. The second-order valence-electron chi connectivity index (χ2n) is 10.6. The number of halogens is 1. The molecule has 0 spiro atoms. The van der Waals surface area contributed by atoms with Crippen LogP contribution in [0.2, 0.25) is 5.02 Å². The highest BCUT2D eigenvalue weighted by Crippen LogP contribution is 2.49. The van der Waals surface area contributed by atoms with Gasteiger partial charge in [-0.05, 0) is 41.7 Å². The topological polar surface area (TPSA) is 70.7 Å². The number of ether oxygens (including phenoxy) is 1. The van der Waals surface area contributed by atoms with Crippen molar-refractivity contribution in [3.05, 3.63) is 100 Å². The number of benzene rings is 3. The third-order valence-electron chi connectivity index (χ3n) is 7.19. The molecule has 7 heteroatoms. The number of Topliss-reactive ketones (excluding diaryl/α,β-unsaturated/α-hetero) is 1. The zero-order valence-corrected chi connectivity index (χ0v) is 22.6. The van der Waals surface area contributed by atoms with Gasteiger partial charge in [-0.15, -0.1) is 0 Å². The van der Waals surface area contributed by atoms with Crippen LogP contribution in [-0.4, -0.2) is 25.3 Å². The molecule has 3 aromatic carbocycles. The van der Waals surface area contributed by atoms with Crippen LogP contribution in [0.15, 0.2) is 84.1 Å². The Kier molecular flexibility index (Phi) is 7.17. The Bertz CT molecular complexity index is 1410. The van der Waals surface area contributed by atoms with E-state index in [2.05, 4.69) is 24.5 Å². The molecule has 2 aliphatic rings. The minimum absolute atomic E-state index is 0.0410. The maximum atomic E-state index is 13.8. The average Bonchev–Trinajstić information content (AvgIpc) is 3.02. The third kappa shape index (κ3) is 5.14. The van der Waals surface area contributed by atoms with Gasteiger partial charge in [-0.1, -0.05) is 74.0 Å². The van der Waals surface area contributed by atoms with E-state index in [1.807, 2.05) is 77.7 Å². The molecule has 5 rings (SSSR count). The zero-order valence-electron chi connectivity index (χ0n) is 21.9. The molecular weight excluding hydrogens is 498 g/mol. The van der Waals surface area contributed by atoms with Crippen LogP contribution >= 0.6 is 11.6 Å². The van der Waals surface area contributed by atoms with Gasteiger partial charge in [0.1, 0.15) is 5.75 Å². The quantitative estimate of drug-likeness (QED) is 0.393. The van der Waals surface area contributed by atoms with Crippen LogP contribution in [0, 0.1) is 5.41 Å². The molecule has 3 aromatic rings. The van der Waals surface area contributed by atoms with Crippen LogP contribution < -0.4 is 20.3 Å². The van der Waals surface area contributed by atoms with Crippen molar-refractivity contribution in [1.82, 2.24) is 5.32 Å². The lowest BCUT2D eigenvalue weighted by molar-refractivity contribution is -0.120. The number of fused-ring (bicyclic) bond motifs is 1. The fourth-order valence-electron chi connectivity index (χ4n) is 5.49. The molecule has 1 atom stereocenters. The fourth-order valence-corrected chi connectivity index (χ4v) is 5.69. The summed E-state index contributed by atoms with van der Waals surface area (Å²) in [6.07, 6.45) is 1.16. The van der Waals surface area contributed by atoms with E-state index in [1.54, 1.807) is 7.11 Å². The van der Waals surface area contributed by atoms with Crippen LogP contribution in [0.5, 0.6) is 5.75 Å². The summed E-state index contributed by atoms with van der Waals surface area (Å²) in [6.45, 7) is 4.59. The predicted octanol–water partition coefficient (Wildman–Crippen LogP) is 6.28. The van der Waals surface area contributed by atoms with Gasteiger partial charge in [-0.2, -0.15) is 0 Å². The molecule has 1 amide bonds. The molecule has 1 unspecified atom stereocenters. The Morgan fingerprint density at radius 3 is 2.55 bits per heavy atom. The molecule has 0 fully saturated rings. The number of rotatable bonds is 6. The van der Waals surface area contributed by atoms with Gasteiger partial charge < -0.3 is 20.3 Å². The molecule has 1 heterocycles. The number of hydrogen-bond acceptors (Lipinski definition) is 5. The minimum Gasteiger partial charge on any atom is -0.496 e. The number of amides is 1. The van der Waals surface area contributed by atoms with Crippen molar-refractivity contribution in [2.45, 2.75) is 39.3 Å². The predicted molar refractivity (Wildman–Crippen MR) is 151 cm³/mol. The van der Waals surface area contributed by atoms with Crippen molar-refractivity contribution in [3.63, 3.8) is 0 Å². The molecule has 0 aromatic heterocycles. The molecule has 1 aliphatic heterocycles. The van der Waals surface area contributed by atoms with Crippen molar-refractivity contribution in [1.29, 1.82) is 0 Å². The van der Waals surface area contributed by atoms with Crippen LogP contribution in [0.4, 0.5) is 11.4 Å². The Morgan fingerprint density at radius 2 is 1.76 bits per heavy atom. The summed E-state index contributed by atoms with van der Waals surface area (Å²) in [5, 5.41) is 7.20. The number of methoxy groups -OCH3 is 1. The molecule has 196 valence electrons. The number of carbonyl (C=O) groups is 2. The summed E-state index contributed by atoms with van der Waals surface area (Å²) in [5.41, 5.74) is 4.80. The van der Waals surface area contributed by atoms with Crippen molar-refractivity contribution in [2.24, 2.45) is 5.41 Å². The fraction of sp³-hybridized carbons (Fsp3) is 0.290. The molecular formula is C31H32ClN3O3. The lowest BCUT2D eigenvalue weighted by Gasteiger charge is -2.38. The molecule has 0 radical (unpaired) electrons. The van der Waals surface area contributed by atoms with Crippen LogP contribution in [0.3, 0.4) is 0 Å². The summed E-state index contributed by atoms with van der Waals surface area (Å²) >= 11 is 6.31. The van der Waals surface area contributed by atoms with Gasteiger partial charge >= 0.3 is 0 Å². The number of para-hydroxylation sites is 3. The van der Waals surface area contributed by atoms with E-state index >= 15 is 0 Å². The molecule has 2 N–H and O–H groups in total. The number of ketones is 1. The van der Waals surface area contributed by atoms with Crippen molar-refractivity contribution < 1.29 is 14.3 Å². The van der Waals surface area contributed by atoms with E-state index in [9.17, 15) is 9.59 Å². The summed E-state index contributed by atoms with van der Waals surface area (Å²) in [6, 6.07) is 22.6. The molecule has 6 nitrogen and oxygen atoms in total. The Balaban J connectivity index is 1.60. The number of anilines is 2. The van der Waals surface area contributed by atoms with Gasteiger partial charge in [0.25, 0.3) is 0 Å². The van der Waals surface area contributed by atoms with Gasteiger partial charge in [0.15, 0.2) is 5.78 Å². The monoisotopic (exact) mass is 529 g/mol. The minimum atomic E-state index is -0.507. The van der Waals surface area contributed by atoms with E-state index in [1.165, 1.54) is 0 Å². The highest BCUT2D eigenvalue weighted by Gasteiger charge is 2.42. The van der Waals surface area contributed by atoms with E-state index in [0.717, 1.165) is 34.6 Å². The first-order valence-electron chi connectivity index (χ1n) is 12.8. The lowest BCUT2D eigenvalue weighted by atomic mass is 9.73. The number of allylic oxidation sites excluding steroid dienone is 1. The van der Waals surface area contributed by atoms with E-state index in [0.29, 0.717) is 29.3 Å². The Morgan fingerprint density at radius 1 is 1.05 bits per heavy atom. The maximum absolute atomic E-state index is 13.8. The van der Waals surface area contributed by atoms with Gasteiger partial charge in [0.05, 0.1) is 31.1 Å². The Hall–Kier alpha value is -3.77. The molecule has 0 saturated heterocycles. The summed E-state index contributed by atoms with van der Waals surface area (Å²) in [5.74, 6) is 0.573. The molecule has 0 bridgehead atoms. The zero-order chi connectivity index (χ0) is 26.9. The largest absolute Gasteiger partial charge is 0.496 e. The SMILES string of the molecule is COc1ccccc1C1C2=C(CC(C)(C)CC2=O)Nc2ccccc2N1CC(=O)NCc1ccccc1Cl. The van der Waals surface area contributed by atoms with E-state index < -0.39 is 6.04 Å². The summed E-state index contributed by atoms with van der Waals surface area (Å²) < 4.78 is 5.76. The van der Waals surface area contributed by atoms with Crippen molar-refractivity contribution in [2.75, 3.05) is 23.9 Å². The van der Waals surface area contributed by atoms with Crippen LogP contribution in [-0.2, 0) is 16.1 Å². The molecule has 0 saturated carbocycles. The number of nitrogens with one attached hydrogen (secondary N) is 2. The lowest BCUT2D eigenvalue weighted by Crippen LogP contribution is -2.42. The normalized spacial score (nSPS) is 18.2. The molecule has 1 aliphatic carbocycles. The first-order valence-corrected chi connectivity index (χ1v) is 13.2. The van der Waals surface area contributed by atoms with Crippen LogP contribution in [0.1, 0.15) is 43.9 Å². The standard InChI is InChI=1S/C31H32ClN3O3/c1-31(2)16-24-29(26(36)17-31)30(21-11-5-9-15-27(21)38-3)35(25-14-8-7-13-23(25)34-24)19-28(37)33-18-20-10-4-6-12-22(20)32/h4-15,30,34H,16-19H2,1-3H3,(H,33,37).